The van der Waals surface area contributed by atoms with Crippen LogP contribution in [0.4, 0.5) is 0 Å². The van der Waals surface area contributed by atoms with E-state index < -0.39 is 11.9 Å². The van der Waals surface area contributed by atoms with Crippen molar-refractivity contribution in [1.82, 2.24) is 9.80 Å². The molecule has 8 nitrogen and oxygen atoms in total. The van der Waals surface area contributed by atoms with Gasteiger partial charge in [-0.05, 0) is 26.0 Å². The molecule has 0 saturated carbocycles. The van der Waals surface area contributed by atoms with Crippen LogP contribution in [0.3, 0.4) is 0 Å². The second-order valence-corrected chi connectivity index (χ2v) is 7.43. The summed E-state index contributed by atoms with van der Waals surface area (Å²) in [6.45, 7) is 3.73. The Morgan fingerprint density at radius 3 is 1.41 bits per heavy atom. The summed E-state index contributed by atoms with van der Waals surface area (Å²) in [6.07, 6.45) is 0. The van der Waals surface area contributed by atoms with Gasteiger partial charge in [0.15, 0.2) is 0 Å². The van der Waals surface area contributed by atoms with Crippen molar-refractivity contribution in [2.75, 3.05) is 26.2 Å². The fourth-order valence-electron chi connectivity index (χ4n) is 3.24. The molecule has 2 aromatic rings. The molecule has 0 unspecified atom stereocenters. The number of aromatic hydroxyl groups is 2. The number of carbonyl (C=O) groups is 2. The Balaban J connectivity index is 0.00000480. The minimum Gasteiger partial charge on any atom is -0.549 e. The van der Waals surface area contributed by atoms with Gasteiger partial charge < -0.3 is 30.0 Å². The number of hydrogen-bond acceptors (Lipinski definition) is 8. The van der Waals surface area contributed by atoms with E-state index in [0.29, 0.717) is 11.1 Å². The van der Waals surface area contributed by atoms with E-state index in [1.807, 2.05) is 13.8 Å². The van der Waals surface area contributed by atoms with Crippen LogP contribution < -0.4 is 69.3 Å². The summed E-state index contributed by atoms with van der Waals surface area (Å²) in [5, 5.41) is 42.5. The molecule has 2 rings (SSSR count). The molecule has 0 aromatic heterocycles. The predicted octanol–water partition coefficient (Wildman–Crippen LogP) is -6.47. The van der Waals surface area contributed by atoms with Gasteiger partial charge in [0.2, 0.25) is 0 Å². The molecule has 10 heteroatoms. The van der Waals surface area contributed by atoms with Gasteiger partial charge in [-0.25, -0.2) is 0 Å². The monoisotopic (exact) mass is 460 g/mol. The van der Waals surface area contributed by atoms with Crippen molar-refractivity contribution < 1.29 is 89.1 Å². The maximum absolute atomic E-state index is 11.2. The van der Waals surface area contributed by atoms with E-state index in [-0.39, 0.29) is 110 Å². The standard InChI is InChI=1S/C22H28N2O6.2Na/c1-15-3-5-19(25)17(9-15)11-23(13-21(27)28)7-8-24(14-22(29)30)12-18-10-16(2)4-6-20(18)26;;/h3-6,9-10,25-26H,7-8,11-14H2,1-2H3,(H,27,28)(H,29,30);;/q;2*+1/p-2. The first-order chi connectivity index (χ1) is 14.1. The van der Waals surface area contributed by atoms with Crippen molar-refractivity contribution in [1.29, 1.82) is 0 Å². The summed E-state index contributed by atoms with van der Waals surface area (Å²) in [4.78, 5) is 25.5. The minimum atomic E-state index is -1.27. The van der Waals surface area contributed by atoms with Crippen molar-refractivity contribution in [3.63, 3.8) is 0 Å². The van der Waals surface area contributed by atoms with Crippen molar-refractivity contribution in [2.45, 2.75) is 26.9 Å². The van der Waals surface area contributed by atoms with Gasteiger partial charge in [-0.1, -0.05) is 35.4 Å². The van der Waals surface area contributed by atoms with E-state index >= 15 is 0 Å². The summed E-state index contributed by atoms with van der Waals surface area (Å²) in [5.41, 5.74) is 2.98. The molecule has 0 aliphatic carbocycles. The normalized spacial score (nSPS) is 10.5. The molecule has 0 heterocycles. The first kappa shape index (κ1) is 30.9. The summed E-state index contributed by atoms with van der Waals surface area (Å²) in [7, 11) is 0. The summed E-state index contributed by atoms with van der Waals surface area (Å²) < 4.78 is 0. The van der Waals surface area contributed by atoms with E-state index in [1.54, 1.807) is 46.2 Å². The number of rotatable bonds is 11. The Morgan fingerprint density at radius 1 is 0.750 bits per heavy atom. The topological polar surface area (TPSA) is 127 Å². The molecule has 2 aromatic carbocycles. The SMILES string of the molecule is Cc1ccc(O)c(CN(CCN(CC(=O)[O-])Cc2cc(C)ccc2O)CC(=O)[O-])c1.[Na+].[Na+]. The quantitative estimate of drug-likeness (QED) is 0.317. The second-order valence-electron chi connectivity index (χ2n) is 7.43. The fraction of sp³-hybridized carbons (Fsp3) is 0.364. The zero-order chi connectivity index (χ0) is 22.3. The zero-order valence-corrected chi connectivity index (χ0v) is 23.1. The third-order valence-electron chi connectivity index (χ3n) is 4.70. The Bertz CT molecular complexity index is 836. The zero-order valence-electron chi connectivity index (χ0n) is 19.1. The third-order valence-corrected chi connectivity index (χ3v) is 4.70. The molecule has 0 aliphatic rings. The van der Waals surface area contributed by atoms with Crippen molar-refractivity contribution >= 4 is 11.9 Å². The summed E-state index contributed by atoms with van der Waals surface area (Å²) in [6, 6.07) is 10.1. The van der Waals surface area contributed by atoms with E-state index in [1.165, 1.54) is 0 Å². The number of aliphatic carboxylic acids is 2. The van der Waals surface area contributed by atoms with Crippen LogP contribution in [0, 0.1) is 13.8 Å². The van der Waals surface area contributed by atoms with Crippen molar-refractivity contribution in [3.05, 3.63) is 58.7 Å². The van der Waals surface area contributed by atoms with Gasteiger partial charge in [0.25, 0.3) is 0 Å². The van der Waals surface area contributed by atoms with E-state index in [2.05, 4.69) is 0 Å². The number of hydrogen-bond donors (Lipinski definition) is 2. The average Bonchev–Trinajstić information content (AvgIpc) is 2.64. The first-order valence-corrected chi connectivity index (χ1v) is 9.55. The van der Waals surface area contributed by atoms with Crippen LogP contribution in [-0.2, 0) is 22.7 Å². The number of carbonyl (C=O) groups excluding carboxylic acids is 2. The first-order valence-electron chi connectivity index (χ1n) is 9.55. The largest absolute Gasteiger partial charge is 1.00 e. The van der Waals surface area contributed by atoms with Gasteiger partial charge in [-0.3, -0.25) is 9.80 Å². The van der Waals surface area contributed by atoms with Gasteiger partial charge >= 0.3 is 59.1 Å². The van der Waals surface area contributed by atoms with Gasteiger partial charge in [0.05, 0.1) is 11.9 Å². The van der Waals surface area contributed by atoms with E-state index in [9.17, 15) is 30.0 Å². The molecular formula is C22H26N2Na2O6. The summed E-state index contributed by atoms with van der Waals surface area (Å²) >= 11 is 0. The molecule has 0 radical (unpaired) electrons. The molecule has 2 N–H and O–H groups in total. The number of benzene rings is 2. The maximum Gasteiger partial charge on any atom is 1.00 e. The Kier molecular flexibility index (Phi) is 14.4. The number of phenolic OH excluding ortho intramolecular Hbond substituents is 2. The van der Waals surface area contributed by atoms with Crippen LogP contribution in [0.2, 0.25) is 0 Å². The van der Waals surface area contributed by atoms with Crippen LogP contribution in [-0.4, -0.2) is 58.1 Å². The maximum atomic E-state index is 11.2. The molecule has 0 amide bonds. The summed E-state index contributed by atoms with van der Waals surface area (Å²) in [5.74, 6) is -2.43. The van der Waals surface area contributed by atoms with Gasteiger partial charge in [-0.15, -0.1) is 0 Å². The van der Waals surface area contributed by atoms with Crippen LogP contribution in [0.15, 0.2) is 36.4 Å². The van der Waals surface area contributed by atoms with Crippen LogP contribution in [0.25, 0.3) is 0 Å². The van der Waals surface area contributed by atoms with Gasteiger partial charge in [-0.2, -0.15) is 0 Å². The van der Waals surface area contributed by atoms with E-state index in [4.69, 9.17) is 0 Å². The molecular weight excluding hydrogens is 434 g/mol. The average molecular weight is 460 g/mol. The van der Waals surface area contributed by atoms with Crippen LogP contribution in [0.5, 0.6) is 11.5 Å². The number of carboxylic acids is 2. The minimum absolute atomic E-state index is 0. The van der Waals surface area contributed by atoms with E-state index in [0.717, 1.165) is 11.1 Å². The second kappa shape index (κ2) is 14.9. The Hall–Kier alpha value is -1.10. The molecule has 0 saturated heterocycles. The molecule has 0 spiro atoms. The molecule has 0 fully saturated rings. The number of aryl methyl sites for hydroxylation is 2. The molecule has 32 heavy (non-hydrogen) atoms. The fourth-order valence-corrected chi connectivity index (χ4v) is 3.24. The molecule has 0 aliphatic heterocycles. The number of nitrogens with zero attached hydrogens (tertiary/aromatic N) is 2. The van der Waals surface area contributed by atoms with Crippen LogP contribution in [0.1, 0.15) is 22.3 Å². The molecule has 162 valence electrons. The van der Waals surface area contributed by atoms with Gasteiger partial charge in [0, 0.05) is 50.4 Å². The Morgan fingerprint density at radius 2 is 1.09 bits per heavy atom. The molecule has 0 atom stereocenters. The smallest absolute Gasteiger partial charge is 0.549 e. The Labute approximate surface area is 232 Å². The third kappa shape index (κ3) is 10.7. The van der Waals surface area contributed by atoms with Crippen molar-refractivity contribution in [3.8, 4) is 11.5 Å². The van der Waals surface area contributed by atoms with Crippen LogP contribution >= 0.6 is 0 Å². The number of carboxylic acid groups (broad SMARTS) is 2. The predicted molar refractivity (Wildman–Crippen MR) is 106 cm³/mol. The van der Waals surface area contributed by atoms with Crippen molar-refractivity contribution in [2.24, 2.45) is 0 Å². The number of phenols is 2. The molecule has 0 bridgehead atoms. The van der Waals surface area contributed by atoms with Gasteiger partial charge in [0.1, 0.15) is 11.5 Å².